The number of carboxylic acid groups (broad SMARTS) is 1. The zero-order chi connectivity index (χ0) is 13.5. The van der Waals surface area contributed by atoms with Crippen LogP contribution in [0.2, 0.25) is 0 Å². The van der Waals surface area contributed by atoms with Gasteiger partial charge in [0.2, 0.25) is 5.91 Å². The summed E-state index contributed by atoms with van der Waals surface area (Å²) in [5, 5.41) is 8.85. The molecule has 1 amide bonds. The van der Waals surface area contributed by atoms with Crippen LogP contribution in [-0.4, -0.2) is 37.2 Å². The van der Waals surface area contributed by atoms with Crippen molar-refractivity contribution in [3.05, 3.63) is 29.8 Å². The fraction of sp³-hybridized carbons (Fsp3) is 0.385. The maximum atomic E-state index is 11.9. The average molecular weight is 251 g/mol. The molecule has 5 heteroatoms. The van der Waals surface area contributed by atoms with Gasteiger partial charge in [-0.1, -0.05) is 17.7 Å². The molecule has 0 unspecified atom stereocenters. The highest BCUT2D eigenvalue weighted by atomic mass is 16.5. The molecule has 0 heterocycles. The van der Waals surface area contributed by atoms with E-state index in [0.29, 0.717) is 5.69 Å². The van der Waals surface area contributed by atoms with Crippen LogP contribution < -0.4 is 4.90 Å². The van der Waals surface area contributed by atoms with Crippen molar-refractivity contribution in [2.75, 3.05) is 25.2 Å². The minimum atomic E-state index is -1.04. The number of carbonyl (C=O) groups is 2. The van der Waals surface area contributed by atoms with E-state index in [-0.39, 0.29) is 25.5 Å². The lowest BCUT2D eigenvalue weighted by Crippen LogP contribution is -2.36. The summed E-state index contributed by atoms with van der Waals surface area (Å²) in [6.07, 6.45) is 0.164. The number of carboxylic acids is 1. The molecule has 0 aromatic heterocycles. The number of rotatable bonds is 6. The van der Waals surface area contributed by atoms with Crippen molar-refractivity contribution >= 4 is 17.6 Å². The van der Waals surface area contributed by atoms with Crippen molar-refractivity contribution in [3.8, 4) is 0 Å². The quantitative estimate of drug-likeness (QED) is 0.831. The predicted molar refractivity (Wildman–Crippen MR) is 67.7 cm³/mol. The molecule has 0 aliphatic heterocycles. The third kappa shape index (κ3) is 4.18. The molecule has 1 N–H and O–H groups in total. The predicted octanol–water partition coefficient (Wildman–Crippen LogP) is 1.45. The number of ether oxygens (including phenoxy) is 1. The summed E-state index contributed by atoms with van der Waals surface area (Å²) in [5.41, 5.74) is 1.64. The Morgan fingerprint density at radius 2 is 1.89 bits per heavy atom. The molecule has 1 aromatic carbocycles. The van der Waals surface area contributed by atoms with Crippen LogP contribution in [0.1, 0.15) is 12.0 Å². The van der Waals surface area contributed by atoms with E-state index in [4.69, 9.17) is 9.84 Å². The molecule has 0 spiro atoms. The molecule has 18 heavy (non-hydrogen) atoms. The van der Waals surface area contributed by atoms with E-state index in [1.807, 2.05) is 19.1 Å². The second-order valence-corrected chi connectivity index (χ2v) is 3.95. The third-order valence-corrected chi connectivity index (χ3v) is 2.46. The number of carbonyl (C=O) groups excluding carboxylic acids is 1. The van der Waals surface area contributed by atoms with E-state index in [9.17, 15) is 9.59 Å². The Bertz CT molecular complexity index is 414. The van der Waals surface area contributed by atoms with Gasteiger partial charge in [0.25, 0.3) is 0 Å². The Kier molecular flexibility index (Phi) is 5.32. The molecule has 0 saturated carbocycles. The molecule has 0 radical (unpaired) electrons. The van der Waals surface area contributed by atoms with Crippen molar-refractivity contribution < 1.29 is 19.4 Å². The van der Waals surface area contributed by atoms with Crippen molar-refractivity contribution in [1.29, 1.82) is 0 Å². The number of hydrogen-bond acceptors (Lipinski definition) is 3. The van der Waals surface area contributed by atoms with E-state index < -0.39 is 5.97 Å². The highest BCUT2D eigenvalue weighted by Crippen LogP contribution is 2.16. The Hall–Kier alpha value is -1.88. The fourth-order valence-electron chi connectivity index (χ4n) is 1.51. The van der Waals surface area contributed by atoms with Gasteiger partial charge in [0.1, 0.15) is 6.54 Å². The molecule has 0 fully saturated rings. The lowest BCUT2D eigenvalue weighted by Gasteiger charge is -2.20. The molecule has 0 bridgehead atoms. The van der Waals surface area contributed by atoms with E-state index >= 15 is 0 Å². The van der Waals surface area contributed by atoms with Crippen molar-refractivity contribution in [1.82, 2.24) is 0 Å². The Morgan fingerprint density at radius 1 is 1.28 bits per heavy atom. The zero-order valence-corrected chi connectivity index (χ0v) is 10.5. The second kappa shape index (κ2) is 6.76. The van der Waals surface area contributed by atoms with Gasteiger partial charge >= 0.3 is 5.97 Å². The number of hydrogen-bond donors (Lipinski definition) is 1. The van der Waals surface area contributed by atoms with Gasteiger partial charge in [0, 0.05) is 12.8 Å². The van der Waals surface area contributed by atoms with Crippen LogP contribution in [0.25, 0.3) is 0 Å². The molecule has 0 saturated heterocycles. The minimum absolute atomic E-state index is 0.164. The van der Waals surface area contributed by atoms with Crippen LogP contribution in [0, 0.1) is 6.92 Å². The molecule has 0 atom stereocenters. The van der Waals surface area contributed by atoms with Crippen LogP contribution in [-0.2, 0) is 14.3 Å². The minimum Gasteiger partial charge on any atom is -0.480 e. The van der Waals surface area contributed by atoms with Gasteiger partial charge in [-0.2, -0.15) is 0 Å². The second-order valence-electron chi connectivity index (χ2n) is 3.95. The summed E-state index contributed by atoms with van der Waals surface area (Å²) >= 11 is 0. The van der Waals surface area contributed by atoms with Crippen LogP contribution in [0.3, 0.4) is 0 Å². The molecular weight excluding hydrogens is 234 g/mol. The molecule has 0 aliphatic carbocycles. The maximum Gasteiger partial charge on any atom is 0.323 e. The number of nitrogens with zero attached hydrogens (tertiary/aromatic N) is 1. The third-order valence-electron chi connectivity index (χ3n) is 2.46. The van der Waals surface area contributed by atoms with Crippen LogP contribution in [0.4, 0.5) is 5.69 Å². The van der Waals surface area contributed by atoms with Crippen LogP contribution in [0.5, 0.6) is 0 Å². The van der Waals surface area contributed by atoms with Gasteiger partial charge in [-0.25, -0.2) is 0 Å². The van der Waals surface area contributed by atoms with Gasteiger partial charge < -0.3 is 14.7 Å². The molecular formula is C13H17NO4. The first-order chi connectivity index (χ1) is 8.54. The number of aryl methyl sites for hydroxylation is 1. The summed E-state index contributed by atoms with van der Waals surface area (Å²) in [4.78, 5) is 24.0. The summed E-state index contributed by atoms with van der Waals surface area (Å²) in [7, 11) is 1.50. The largest absolute Gasteiger partial charge is 0.480 e. The van der Waals surface area contributed by atoms with E-state index in [0.717, 1.165) is 5.56 Å². The fourth-order valence-corrected chi connectivity index (χ4v) is 1.51. The number of anilines is 1. The molecule has 5 nitrogen and oxygen atoms in total. The normalized spacial score (nSPS) is 10.1. The number of benzene rings is 1. The van der Waals surface area contributed by atoms with Crippen LogP contribution >= 0.6 is 0 Å². The Balaban J connectivity index is 2.86. The SMILES string of the molecule is COCCC(=O)N(CC(=O)O)c1ccc(C)cc1. The number of methoxy groups -OCH3 is 1. The van der Waals surface area contributed by atoms with E-state index in [2.05, 4.69) is 0 Å². The van der Waals surface area contributed by atoms with Crippen molar-refractivity contribution in [2.24, 2.45) is 0 Å². The Labute approximate surface area is 106 Å². The first kappa shape index (κ1) is 14.2. The van der Waals surface area contributed by atoms with Gasteiger partial charge in [-0.3, -0.25) is 9.59 Å². The lowest BCUT2D eigenvalue weighted by molar-refractivity contribution is -0.136. The zero-order valence-electron chi connectivity index (χ0n) is 10.5. The molecule has 0 aliphatic rings. The van der Waals surface area contributed by atoms with Crippen molar-refractivity contribution in [2.45, 2.75) is 13.3 Å². The van der Waals surface area contributed by atoms with Crippen LogP contribution in [0.15, 0.2) is 24.3 Å². The smallest absolute Gasteiger partial charge is 0.323 e. The first-order valence-corrected chi connectivity index (χ1v) is 5.62. The van der Waals surface area contributed by atoms with Crippen molar-refractivity contribution in [3.63, 3.8) is 0 Å². The molecule has 1 rings (SSSR count). The summed E-state index contributed by atoms with van der Waals surface area (Å²) in [6, 6.07) is 7.16. The molecule has 98 valence electrons. The van der Waals surface area contributed by atoms with E-state index in [1.165, 1.54) is 12.0 Å². The topological polar surface area (TPSA) is 66.8 Å². The highest BCUT2D eigenvalue weighted by Gasteiger charge is 2.18. The highest BCUT2D eigenvalue weighted by molar-refractivity contribution is 5.97. The van der Waals surface area contributed by atoms with Gasteiger partial charge in [0.05, 0.1) is 13.0 Å². The van der Waals surface area contributed by atoms with Gasteiger partial charge in [-0.15, -0.1) is 0 Å². The standard InChI is InChI=1S/C13H17NO4/c1-10-3-5-11(6-4-10)14(9-13(16)17)12(15)7-8-18-2/h3-6H,7-9H2,1-2H3,(H,16,17). The average Bonchev–Trinajstić information content (AvgIpc) is 2.34. The van der Waals surface area contributed by atoms with Gasteiger partial charge in [-0.05, 0) is 19.1 Å². The number of aliphatic carboxylic acids is 1. The summed E-state index contributed by atoms with van der Waals surface area (Å²) in [6.45, 7) is 1.87. The monoisotopic (exact) mass is 251 g/mol. The summed E-state index contributed by atoms with van der Waals surface area (Å²) in [5.74, 6) is -1.30. The maximum absolute atomic E-state index is 11.9. The lowest BCUT2D eigenvalue weighted by atomic mass is 10.2. The Morgan fingerprint density at radius 3 is 2.39 bits per heavy atom. The molecule has 1 aromatic rings. The number of amides is 1. The van der Waals surface area contributed by atoms with Gasteiger partial charge in [0.15, 0.2) is 0 Å². The first-order valence-electron chi connectivity index (χ1n) is 5.62. The van der Waals surface area contributed by atoms with E-state index in [1.54, 1.807) is 12.1 Å². The summed E-state index contributed by atoms with van der Waals surface area (Å²) < 4.78 is 4.83.